The van der Waals surface area contributed by atoms with Crippen molar-refractivity contribution < 1.29 is 13.7 Å². The van der Waals surface area contributed by atoms with Gasteiger partial charge in [0, 0.05) is 5.56 Å². The summed E-state index contributed by atoms with van der Waals surface area (Å²) in [6.07, 6.45) is 1.34. The predicted molar refractivity (Wildman–Crippen MR) is 62.0 cm³/mol. The van der Waals surface area contributed by atoms with Crippen LogP contribution >= 0.6 is 15.9 Å². The van der Waals surface area contributed by atoms with Crippen LogP contribution < -0.4 is 0 Å². The monoisotopic (exact) mass is 317 g/mol. The third-order valence-electron chi connectivity index (χ3n) is 2.21. The van der Waals surface area contributed by atoms with Crippen molar-refractivity contribution >= 4 is 21.7 Å². The topological polar surface area (TPSA) is 61.0 Å². The number of hydrogen-bond acceptors (Lipinski definition) is 3. The fraction of sp³-hybridized carbons (Fsp3) is 0.100. The van der Waals surface area contributed by atoms with Gasteiger partial charge in [0.1, 0.15) is 16.1 Å². The molecule has 0 radical (unpaired) electrons. The van der Waals surface area contributed by atoms with E-state index in [4.69, 9.17) is 0 Å². The Labute approximate surface area is 108 Å². The number of halogens is 3. The number of benzene rings is 1. The van der Waals surface area contributed by atoms with E-state index >= 15 is 0 Å². The van der Waals surface area contributed by atoms with Gasteiger partial charge in [-0.25, -0.2) is 8.78 Å². The number of rotatable bonds is 3. The minimum Gasteiger partial charge on any atom is -0.358 e. The molecule has 0 atom stereocenters. The first-order chi connectivity index (χ1) is 8.47. The molecule has 0 aliphatic rings. The Morgan fingerprint density at radius 1 is 1.44 bits per heavy atom. The van der Waals surface area contributed by atoms with Crippen LogP contribution in [0.1, 0.15) is 5.56 Å². The first kappa shape index (κ1) is 12.6. The Morgan fingerprint density at radius 2 is 2.17 bits per heavy atom. The van der Waals surface area contributed by atoms with Crippen LogP contribution in [0.15, 0.2) is 28.9 Å². The molecule has 0 spiro atoms. The summed E-state index contributed by atoms with van der Waals surface area (Å²) in [7, 11) is 0. The highest BCUT2D eigenvalue weighted by atomic mass is 79.9. The molecule has 94 valence electrons. The number of nitro groups is 1. The van der Waals surface area contributed by atoms with Gasteiger partial charge in [0.05, 0.1) is 17.8 Å². The van der Waals surface area contributed by atoms with Crippen LogP contribution in [-0.4, -0.2) is 14.7 Å². The molecule has 0 fully saturated rings. The summed E-state index contributed by atoms with van der Waals surface area (Å²) < 4.78 is 27.7. The van der Waals surface area contributed by atoms with Crippen molar-refractivity contribution in [2.45, 2.75) is 6.54 Å². The average Bonchev–Trinajstić information content (AvgIpc) is 2.65. The lowest BCUT2D eigenvalue weighted by Crippen LogP contribution is -2.03. The molecule has 18 heavy (non-hydrogen) atoms. The maximum absolute atomic E-state index is 13.4. The van der Waals surface area contributed by atoms with Crippen molar-refractivity contribution in [3.8, 4) is 0 Å². The van der Waals surface area contributed by atoms with Crippen LogP contribution in [0.3, 0.4) is 0 Å². The highest BCUT2D eigenvalue weighted by Gasteiger charge is 2.19. The molecule has 2 rings (SSSR count). The molecule has 1 aromatic heterocycles. The normalized spacial score (nSPS) is 10.6. The van der Waals surface area contributed by atoms with Gasteiger partial charge >= 0.3 is 5.82 Å². The summed E-state index contributed by atoms with van der Waals surface area (Å²) in [6, 6.07) is 3.02. The quantitative estimate of drug-likeness (QED) is 0.646. The fourth-order valence-electron chi connectivity index (χ4n) is 1.43. The van der Waals surface area contributed by atoms with Gasteiger partial charge in [0.15, 0.2) is 0 Å². The first-order valence-corrected chi connectivity index (χ1v) is 5.58. The molecule has 0 bridgehead atoms. The summed E-state index contributed by atoms with van der Waals surface area (Å²) >= 11 is 2.97. The Balaban J connectivity index is 2.31. The molecule has 0 N–H and O–H groups in total. The van der Waals surface area contributed by atoms with E-state index in [2.05, 4.69) is 21.0 Å². The number of nitrogens with zero attached hydrogens (tertiary/aromatic N) is 3. The number of hydrogen-bond donors (Lipinski definition) is 0. The molecule has 0 saturated heterocycles. The number of aromatic nitrogens is 2. The molecule has 0 unspecified atom stereocenters. The third-order valence-corrected chi connectivity index (χ3v) is 2.77. The van der Waals surface area contributed by atoms with Crippen LogP contribution in [-0.2, 0) is 6.54 Å². The average molecular weight is 318 g/mol. The molecular formula is C10H6BrF2N3O2. The van der Waals surface area contributed by atoms with E-state index < -0.39 is 16.6 Å². The van der Waals surface area contributed by atoms with Gasteiger partial charge in [-0.15, -0.1) is 0 Å². The SMILES string of the molecule is O=[N+]([O-])c1nn(Cc2cc(F)ccc2F)cc1Br. The molecule has 1 aromatic carbocycles. The Hall–Kier alpha value is -1.83. The summed E-state index contributed by atoms with van der Waals surface area (Å²) in [5.74, 6) is -1.54. The molecule has 0 amide bonds. The molecule has 0 aliphatic carbocycles. The predicted octanol–water partition coefficient (Wildman–Crippen LogP) is 2.88. The van der Waals surface area contributed by atoms with Gasteiger partial charge in [-0.1, -0.05) is 0 Å². The molecule has 0 saturated carbocycles. The first-order valence-electron chi connectivity index (χ1n) is 4.78. The molecule has 5 nitrogen and oxygen atoms in total. The Kier molecular flexibility index (Phi) is 3.37. The van der Waals surface area contributed by atoms with E-state index in [1.54, 1.807) is 0 Å². The fourth-order valence-corrected chi connectivity index (χ4v) is 1.89. The maximum atomic E-state index is 13.4. The standard InChI is InChI=1S/C10H6BrF2N3O2/c11-8-5-15(14-10(8)16(17)18)4-6-3-7(12)1-2-9(6)13/h1-3,5H,4H2. The van der Waals surface area contributed by atoms with E-state index in [1.165, 1.54) is 10.9 Å². The molecule has 0 aliphatic heterocycles. The van der Waals surface area contributed by atoms with Gasteiger partial charge < -0.3 is 10.1 Å². The molecule has 2 aromatic rings. The largest absolute Gasteiger partial charge is 0.404 e. The zero-order chi connectivity index (χ0) is 13.3. The smallest absolute Gasteiger partial charge is 0.358 e. The molecule has 1 heterocycles. The lowest BCUT2D eigenvalue weighted by atomic mass is 10.2. The molecule has 8 heteroatoms. The van der Waals surface area contributed by atoms with Gasteiger partial charge in [-0.05, 0) is 39.1 Å². The van der Waals surface area contributed by atoms with Crippen molar-refractivity contribution in [2.24, 2.45) is 0 Å². The summed E-state index contributed by atoms with van der Waals surface area (Å²) in [4.78, 5) is 9.91. The van der Waals surface area contributed by atoms with Crippen LogP contribution in [0.5, 0.6) is 0 Å². The van der Waals surface area contributed by atoms with Crippen LogP contribution in [0, 0.1) is 21.7 Å². The van der Waals surface area contributed by atoms with Gasteiger partial charge in [-0.2, -0.15) is 4.68 Å². The maximum Gasteiger partial charge on any atom is 0.404 e. The second kappa shape index (κ2) is 4.81. The Bertz CT molecular complexity index is 615. The summed E-state index contributed by atoms with van der Waals surface area (Å²) in [6.45, 7) is -0.0873. The second-order valence-corrected chi connectivity index (χ2v) is 4.35. The summed E-state index contributed by atoms with van der Waals surface area (Å²) in [5.41, 5.74) is 0.0693. The van der Waals surface area contributed by atoms with E-state index in [0.717, 1.165) is 18.2 Å². The van der Waals surface area contributed by atoms with Crippen LogP contribution in [0.4, 0.5) is 14.6 Å². The second-order valence-electron chi connectivity index (χ2n) is 3.49. The lowest BCUT2D eigenvalue weighted by Gasteiger charge is -2.00. The minimum absolute atomic E-state index is 0.0693. The van der Waals surface area contributed by atoms with E-state index in [-0.39, 0.29) is 22.4 Å². The highest BCUT2D eigenvalue weighted by Crippen LogP contribution is 2.23. The zero-order valence-corrected chi connectivity index (χ0v) is 10.4. The van der Waals surface area contributed by atoms with Crippen LogP contribution in [0.25, 0.3) is 0 Å². The van der Waals surface area contributed by atoms with Gasteiger partial charge in [-0.3, -0.25) is 0 Å². The third kappa shape index (κ3) is 2.53. The van der Waals surface area contributed by atoms with Crippen molar-refractivity contribution in [3.63, 3.8) is 0 Å². The van der Waals surface area contributed by atoms with E-state index in [1.807, 2.05) is 0 Å². The van der Waals surface area contributed by atoms with Crippen molar-refractivity contribution in [1.82, 2.24) is 9.78 Å². The zero-order valence-electron chi connectivity index (χ0n) is 8.81. The van der Waals surface area contributed by atoms with Crippen molar-refractivity contribution in [2.75, 3.05) is 0 Å². The van der Waals surface area contributed by atoms with Gasteiger partial charge in [0.2, 0.25) is 0 Å². The summed E-state index contributed by atoms with van der Waals surface area (Å²) in [5, 5.41) is 14.2. The van der Waals surface area contributed by atoms with Crippen molar-refractivity contribution in [1.29, 1.82) is 0 Å². The van der Waals surface area contributed by atoms with Crippen LogP contribution in [0.2, 0.25) is 0 Å². The lowest BCUT2D eigenvalue weighted by molar-refractivity contribution is -0.390. The van der Waals surface area contributed by atoms with E-state index in [0.29, 0.717) is 0 Å². The highest BCUT2D eigenvalue weighted by molar-refractivity contribution is 9.10. The minimum atomic E-state index is -0.664. The Morgan fingerprint density at radius 3 is 2.78 bits per heavy atom. The van der Waals surface area contributed by atoms with E-state index in [9.17, 15) is 18.9 Å². The van der Waals surface area contributed by atoms with Gasteiger partial charge in [0.25, 0.3) is 0 Å². The van der Waals surface area contributed by atoms with Crippen molar-refractivity contribution in [3.05, 3.63) is 56.2 Å². The molecular weight excluding hydrogens is 312 g/mol.